The van der Waals surface area contributed by atoms with E-state index >= 15 is 0 Å². The SMILES string of the molecule is CN(c1ccccc1)c1ccccc1NC(N)=O. The normalized spacial score (nSPS) is 9.83. The van der Waals surface area contributed by atoms with Gasteiger partial charge in [-0.2, -0.15) is 0 Å². The minimum absolute atomic E-state index is 0.566. The molecule has 4 nitrogen and oxygen atoms in total. The van der Waals surface area contributed by atoms with E-state index in [9.17, 15) is 4.79 Å². The van der Waals surface area contributed by atoms with Gasteiger partial charge in [0.05, 0.1) is 11.4 Å². The number of carbonyl (C=O) groups excluding carboxylic acids is 1. The maximum atomic E-state index is 11.0. The number of urea groups is 1. The number of carbonyl (C=O) groups is 1. The number of rotatable bonds is 3. The third-order valence-electron chi connectivity index (χ3n) is 2.67. The fourth-order valence-corrected chi connectivity index (χ4v) is 1.80. The molecule has 0 aliphatic rings. The Morgan fingerprint density at radius 3 is 2.33 bits per heavy atom. The number of para-hydroxylation sites is 3. The zero-order chi connectivity index (χ0) is 13.0. The Balaban J connectivity index is 2.36. The minimum Gasteiger partial charge on any atom is -0.351 e. The minimum atomic E-state index is -0.566. The molecule has 0 spiro atoms. The summed E-state index contributed by atoms with van der Waals surface area (Å²) in [5, 5.41) is 2.62. The number of hydrogen-bond donors (Lipinski definition) is 2. The quantitative estimate of drug-likeness (QED) is 0.868. The average Bonchev–Trinajstić information content (AvgIpc) is 2.39. The van der Waals surface area contributed by atoms with Crippen LogP contribution in [-0.4, -0.2) is 13.1 Å². The smallest absolute Gasteiger partial charge is 0.316 e. The monoisotopic (exact) mass is 241 g/mol. The summed E-state index contributed by atoms with van der Waals surface area (Å²) < 4.78 is 0. The lowest BCUT2D eigenvalue weighted by Crippen LogP contribution is -2.21. The second kappa shape index (κ2) is 5.23. The second-order valence-electron chi connectivity index (χ2n) is 3.90. The third-order valence-corrected chi connectivity index (χ3v) is 2.67. The molecule has 0 aliphatic carbocycles. The van der Waals surface area contributed by atoms with Gasteiger partial charge in [0.25, 0.3) is 0 Å². The molecular formula is C14H15N3O. The highest BCUT2D eigenvalue weighted by molar-refractivity contribution is 5.93. The van der Waals surface area contributed by atoms with E-state index in [1.807, 2.05) is 66.5 Å². The van der Waals surface area contributed by atoms with Gasteiger partial charge in [-0.05, 0) is 24.3 Å². The van der Waals surface area contributed by atoms with Crippen LogP contribution in [0.15, 0.2) is 54.6 Å². The standard InChI is InChI=1S/C14H15N3O/c1-17(11-7-3-2-4-8-11)13-10-6-5-9-12(13)16-14(15)18/h2-10H,1H3,(H3,15,16,18). The summed E-state index contributed by atoms with van der Waals surface area (Å²) in [7, 11) is 1.94. The van der Waals surface area contributed by atoms with Gasteiger partial charge >= 0.3 is 6.03 Å². The molecule has 0 bridgehead atoms. The topological polar surface area (TPSA) is 58.4 Å². The van der Waals surface area contributed by atoms with Gasteiger partial charge in [-0.15, -0.1) is 0 Å². The summed E-state index contributed by atoms with van der Waals surface area (Å²) >= 11 is 0. The highest BCUT2D eigenvalue weighted by atomic mass is 16.2. The number of benzene rings is 2. The van der Waals surface area contributed by atoms with Gasteiger partial charge < -0.3 is 16.0 Å². The number of nitrogens with zero attached hydrogens (tertiary/aromatic N) is 1. The van der Waals surface area contributed by atoms with E-state index in [4.69, 9.17) is 5.73 Å². The van der Waals surface area contributed by atoms with Crippen molar-refractivity contribution in [2.75, 3.05) is 17.3 Å². The van der Waals surface area contributed by atoms with Crippen LogP contribution in [0.2, 0.25) is 0 Å². The number of nitrogens with two attached hydrogens (primary N) is 1. The third kappa shape index (κ3) is 2.60. The highest BCUT2D eigenvalue weighted by Crippen LogP contribution is 2.30. The van der Waals surface area contributed by atoms with Gasteiger partial charge in [0.2, 0.25) is 0 Å². The first-order valence-electron chi connectivity index (χ1n) is 5.63. The first-order valence-corrected chi connectivity index (χ1v) is 5.63. The fourth-order valence-electron chi connectivity index (χ4n) is 1.80. The van der Waals surface area contributed by atoms with Crippen LogP contribution in [-0.2, 0) is 0 Å². The predicted molar refractivity (Wildman–Crippen MR) is 74.2 cm³/mol. The molecule has 3 N–H and O–H groups in total. The summed E-state index contributed by atoms with van der Waals surface area (Å²) in [5.41, 5.74) is 7.78. The Morgan fingerprint density at radius 1 is 1.06 bits per heavy atom. The maximum absolute atomic E-state index is 11.0. The van der Waals surface area contributed by atoms with Crippen LogP contribution in [0, 0.1) is 0 Å². The van der Waals surface area contributed by atoms with Gasteiger partial charge in [-0.3, -0.25) is 0 Å². The van der Waals surface area contributed by atoms with Crippen molar-refractivity contribution in [3.8, 4) is 0 Å². The van der Waals surface area contributed by atoms with Crippen LogP contribution in [0.3, 0.4) is 0 Å². The molecule has 2 aromatic rings. The lowest BCUT2D eigenvalue weighted by atomic mass is 10.2. The summed E-state index contributed by atoms with van der Waals surface area (Å²) in [6, 6.07) is 16.9. The van der Waals surface area contributed by atoms with Crippen LogP contribution < -0.4 is 16.0 Å². The van der Waals surface area contributed by atoms with Gasteiger partial charge in [-0.1, -0.05) is 30.3 Å². The van der Waals surface area contributed by atoms with Crippen LogP contribution in [0.4, 0.5) is 21.9 Å². The Labute approximate surface area is 106 Å². The van der Waals surface area contributed by atoms with Crippen molar-refractivity contribution in [3.05, 3.63) is 54.6 Å². The van der Waals surface area contributed by atoms with E-state index in [2.05, 4.69) is 5.32 Å². The van der Waals surface area contributed by atoms with Crippen molar-refractivity contribution in [2.24, 2.45) is 5.73 Å². The summed E-state index contributed by atoms with van der Waals surface area (Å²) in [6.07, 6.45) is 0. The van der Waals surface area contributed by atoms with E-state index < -0.39 is 6.03 Å². The van der Waals surface area contributed by atoms with E-state index in [1.54, 1.807) is 0 Å². The Bertz CT molecular complexity index is 540. The van der Waals surface area contributed by atoms with Crippen molar-refractivity contribution in [3.63, 3.8) is 0 Å². The molecule has 0 aromatic heterocycles. The molecule has 2 aromatic carbocycles. The number of primary amides is 1. The first kappa shape index (κ1) is 12.0. The molecule has 4 heteroatoms. The van der Waals surface area contributed by atoms with Crippen molar-refractivity contribution in [2.45, 2.75) is 0 Å². The summed E-state index contributed by atoms with van der Waals surface area (Å²) in [5.74, 6) is 0. The number of nitrogens with one attached hydrogen (secondary N) is 1. The van der Waals surface area contributed by atoms with Gasteiger partial charge in [0.15, 0.2) is 0 Å². The zero-order valence-electron chi connectivity index (χ0n) is 10.1. The Morgan fingerprint density at radius 2 is 1.67 bits per heavy atom. The Hall–Kier alpha value is -2.49. The molecule has 2 rings (SSSR count). The molecule has 0 fully saturated rings. The van der Waals surface area contributed by atoms with Gasteiger partial charge in [0.1, 0.15) is 0 Å². The van der Waals surface area contributed by atoms with E-state index in [0.29, 0.717) is 5.69 Å². The average molecular weight is 241 g/mol. The molecular weight excluding hydrogens is 226 g/mol. The fraction of sp³-hybridized carbons (Fsp3) is 0.0714. The maximum Gasteiger partial charge on any atom is 0.316 e. The number of hydrogen-bond acceptors (Lipinski definition) is 2. The number of amides is 2. The van der Waals surface area contributed by atoms with E-state index in [-0.39, 0.29) is 0 Å². The summed E-state index contributed by atoms with van der Waals surface area (Å²) in [4.78, 5) is 13.0. The van der Waals surface area contributed by atoms with Crippen LogP contribution in [0.1, 0.15) is 0 Å². The molecule has 0 saturated heterocycles. The molecule has 0 heterocycles. The largest absolute Gasteiger partial charge is 0.351 e. The zero-order valence-corrected chi connectivity index (χ0v) is 10.1. The molecule has 0 saturated carbocycles. The van der Waals surface area contributed by atoms with Crippen LogP contribution in [0.25, 0.3) is 0 Å². The van der Waals surface area contributed by atoms with Gasteiger partial charge in [0, 0.05) is 12.7 Å². The van der Waals surface area contributed by atoms with Crippen LogP contribution >= 0.6 is 0 Å². The lowest BCUT2D eigenvalue weighted by Gasteiger charge is -2.22. The van der Waals surface area contributed by atoms with Crippen molar-refractivity contribution in [1.29, 1.82) is 0 Å². The molecule has 0 radical (unpaired) electrons. The first-order chi connectivity index (χ1) is 8.68. The van der Waals surface area contributed by atoms with E-state index in [0.717, 1.165) is 11.4 Å². The van der Waals surface area contributed by atoms with Crippen LogP contribution in [0.5, 0.6) is 0 Å². The lowest BCUT2D eigenvalue weighted by molar-refractivity contribution is 0.259. The van der Waals surface area contributed by atoms with Gasteiger partial charge in [-0.25, -0.2) is 4.79 Å². The Kier molecular flexibility index (Phi) is 3.48. The number of anilines is 3. The predicted octanol–water partition coefficient (Wildman–Crippen LogP) is 2.95. The summed E-state index contributed by atoms with van der Waals surface area (Å²) in [6.45, 7) is 0. The van der Waals surface area contributed by atoms with Crippen molar-refractivity contribution < 1.29 is 4.79 Å². The second-order valence-corrected chi connectivity index (χ2v) is 3.90. The molecule has 2 amide bonds. The highest BCUT2D eigenvalue weighted by Gasteiger charge is 2.09. The molecule has 18 heavy (non-hydrogen) atoms. The molecule has 0 atom stereocenters. The molecule has 0 aliphatic heterocycles. The molecule has 92 valence electrons. The molecule has 0 unspecified atom stereocenters. The van der Waals surface area contributed by atoms with Crippen molar-refractivity contribution in [1.82, 2.24) is 0 Å². The van der Waals surface area contributed by atoms with E-state index in [1.165, 1.54) is 0 Å². The van der Waals surface area contributed by atoms with Crippen molar-refractivity contribution >= 4 is 23.1 Å².